The number of nitriles is 1. The van der Waals surface area contributed by atoms with Gasteiger partial charge in [0.2, 0.25) is 0 Å². The number of rotatable bonds is 7. The van der Waals surface area contributed by atoms with E-state index in [0.717, 1.165) is 40.8 Å². The predicted octanol–water partition coefficient (Wildman–Crippen LogP) is 5.28. The van der Waals surface area contributed by atoms with Crippen LogP contribution in [0.3, 0.4) is 0 Å². The third-order valence-corrected chi connectivity index (χ3v) is 6.26. The maximum absolute atomic E-state index is 9.66. The summed E-state index contributed by atoms with van der Waals surface area (Å²) in [5.74, 6) is 2.74. The molecule has 2 heterocycles. The zero-order valence-electron chi connectivity index (χ0n) is 19.5. The Labute approximate surface area is 203 Å². The van der Waals surface area contributed by atoms with Crippen molar-refractivity contribution in [3.05, 3.63) is 77.2 Å². The molecular weight excluding hydrogens is 440 g/mol. The summed E-state index contributed by atoms with van der Waals surface area (Å²) in [7, 11) is 1.65. The van der Waals surface area contributed by atoms with Crippen molar-refractivity contribution in [2.45, 2.75) is 38.4 Å². The minimum absolute atomic E-state index is 0.0707. The number of ether oxygens (including phenoxy) is 2. The van der Waals surface area contributed by atoms with Gasteiger partial charge in [-0.3, -0.25) is 4.57 Å². The Hall–Kier alpha value is -4.15. The van der Waals surface area contributed by atoms with Crippen LogP contribution in [-0.2, 0) is 6.61 Å². The molecule has 0 spiro atoms. The molecule has 7 heteroatoms. The van der Waals surface area contributed by atoms with Crippen LogP contribution >= 0.6 is 0 Å². The van der Waals surface area contributed by atoms with E-state index in [2.05, 4.69) is 11.1 Å². The summed E-state index contributed by atoms with van der Waals surface area (Å²) in [6.07, 6.45) is 10.1. The van der Waals surface area contributed by atoms with Crippen LogP contribution in [0.1, 0.15) is 48.2 Å². The van der Waals surface area contributed by atoms with Gasteiger partial charge in [0.25, 0.3) is 0 Å². The highest BCUT2D eigenvalue weighted by Crippen LogP contribution is 2.36. The first-order valence-corrected chi connectivity index (χ1v) is 11.7. The van der Waals surface area contributed by atoms with Crippen LogP contribution in [0.5, 0.6) is 11.5 Å². The SMILES string of the molecule is COc1cccc(/C=C/c2nc3ccc(CO)cc3n2-c2ccc(C#N)cn2)c1OC1CCCC1. The standard InChI is InChI=1S/C28H26N4O3/c1-34-25-8-4-5-21(28(25)35-22-6-2-3-7-22)11-14-27-31-23-12-9-19(18-33)15-24(23)32(27)26-13-10-20(16-29)17-30-26/h4-5,8-15,17,22,33H,2-3,6-7,18H2,1H3/b14-11+. The minimum Gasteiger partial charge on any atom is -0.493 e. The quantitative estimate of drug-likeness (QED) is 0.398. The van der Waals surface area contributed by atoms with Crippen LogP contribution in [0, 0.1) is 11.3 Å². The Balaban J connectivity index is 1.60. The number of aliphatic hydroxyl groups is 1. The number of hydrogen-bond donors (Lipinski definition) is 1. The maximum Gasteiger partial charge on any atom is 0.168 e. The lowest BCUT2D eigenvalue weighted by atomic mass is 10.1. The molecule has 7 nitrogen and oxygen atoms in total. The van der Waals surface area contributed by atoms with Gasteiger partial charge in [-0.1, -0.05) is 18.2 Å². The molecule has 1 aliphatic carbocycles. The number of para-hydroxylation sites is 1. The average molecular weight is 467 g/mol. The van der Waals surface area contributed by atoms with Gasteiger partial charge in [0, 0.05) is 11.8 Å². The zero-order chi connectivity index (χ0) is 24.2. The second-order valence-electron chi connectivity index (χ2n) is 8.54. The number of fused-ring (bicyclic) bond motifs is 1. The zero-order valence-corrected chi connectivity index (χ0v) is 19.5. The molecule has 2 aromatic carbocycles. The fourth-order valence-corrected chi connectivity index (χ4v) is 4.46. The fourth-order valence-electron chi connectivity index (χ4n) is 4.46. The number of hydrogen-bond acceptors (Lipinski definition) is 6. The third kappa shape index (κ3) is 4.61. The van der Waals surface area contributed by atoms with Crippen molar-refractivity contribution in [3.63, 3.8) is 0 Å². The van der Waals surface area contributed by atoms with Gasteiger partial charge < -0.3 is 14.6 Å². The largest absolute Gasteiger partial charge is 0.493 e. The number of aliphatic hydroxyl groups excluding tert-OH is 1. The second-order valence-corrected chi connectivity index (χ2v) is 8.54. The molecule has 0 saturated heterocycles. The van der Waals surface area contributed by atoms with E-state index in [0.29, 0.717) is 23.0 Å². The molecule has 0 amide bonds. The van der Waals surface area contributed by atoms with Gasteiger partial charge in [0.05, 0.1) is 36.4 Å². The number of aromatic nitrogens is 3. The first-order chi connectivity index (χ1) is 17.2. The normalized spacial score (nSPS) is 14.0. The number of methoxy groups -OCH3 is 1. The molecule has 1 fully saturated rings. The van der Waals surface area contributed by atoms with Gasteiger partial charge in [-0.05, 0) is 73.7 Å². The van der Waals surface area contributed by atoms with E-state index in [1.54, 1.807) is 25.4 Å². The highest BCUT2D eigenvalue weighted by molar-refractivity contribution is 5.83. The van der Waals surface area contributed by atoms with Crippen LogP contribution in [0.2, 0.25) is 0 Å². The summed E-state index contributed by atoms with van der Waals surface area (Å²) in [6.45, 7) is -0.0707. The van der Waals surface area contributed by atoms with Crippen LogP contribution in [0.25, 0.3) is 29.0 Å². The second kappa shape index (κ2) is 10.00. The van der Waals surface area contributed by atoms with E-state index in [9.17, 15) is 5.11 Å². The number of nitrogens with zero attached hydrogens (tertiary/aromatic N) is 4. The molecule has 1 N–H and O–H groups in total. The molecule has 0 unspecified atom stereocenters. The number of benzene rings is 2. The Kier molecular flexibility index (Phi) is 6.47. The van der Waals surface area contributed by atoms with E-state index in [4.69, 9.17) is 19.7 Å². The molecule has 4 aromatic rings. The summed E-state index contributed by atoms with van der Waals surface area (Å²) in [5.41, 5.74) is 3.76. The molecule has 176 valence electrons. The van der Waals surface area contributed by atoms with Gasteiger partial charge >= 0.3 is 0 Å². The third-order valence-electron chi connectivity index (χ3n) is 6.26. The molecule has 2 aromatic heterocycles. The van der Waals surface area contributed by atoms with Crippen LogP contribution in [0.15, 0.2) is 54.7 Å². The Morgan fingerprint density at radius 2 is 2.00 bits per heavy atom. The van der Waals surface area contributed by atoms with Gasteiger partial charge in [-0.2, -0.15) is 5.26 Å². The molecule has 0 atom stereocenters. The van der Waals surface area contributed by atoms with Gasteiger partial charge in [-0.25, -0.2) is 9.97 Å². The van der Waals surface area contributed by atoms with Gasteiger partial charge in [0.1, 0.15) is 17.7 Å². The summed E-state index contributed by atoms with van der Waals surface area (Å²) < 4.78 is 13.9. The Morgan fingerprint density at radius 3 is 2.71 bits per heavy atom. The van der Waals surface area contributed by atoms with E-state index in [1.807, 2.05) is 53.1 Å². The Morgan fingerprint density at radius 1 is 1.14 bits per heavy atom. The summed E-state index contributed by atoms with van der Waals surface area (Å²) in [5, 5.41) is 18.8. The van der Waals surface area contributed by atoms with Crippen LogP contribution in [-0.4, -0.2) is 32.9 Å². The van der Waals surface area contributed by atoms with Crippen molar-refractivity contribution in [1.82, 2.24) is 14.5 Å². The van der Waals surface area contributed by atoms with E-state index in [1.165, 1.54) is 12.8 Å². The lowest BCUT2D eigenvalue weighted by Crippen LogP contribution is -2.12. The summed E-state index contributed by atoms with van der Waals surface area (Å²) in [6, 6.07) is 17.1. The summed E-state index contributed by atoms with van der Waals surface area (Å²) >= 11 is 0. The Bertz CT molecular complexity index is 1410. The molecular formula is C28H26N4O3. The molecule has 0 bridgehead atoms. The van der Waals surface area contributed by atoms with Crippen molar-refractivity contribution in [2.24, 2.45) is 0 Å². The monoisotopic (exact) mass is 466 g/mol. The highest BCUT2D eigenvalue weighted by Gasteiger charge is 2.20. The topological polar surface area (TPSA) is 93.2 Å². The van der Waals surface area contributed by atoms with Crippen molar-refractivity contribution < 1.29 is 14.6 Å². The summed E-state index contributed by atoms with van der Waals surface area (Å²) in [4.78, 5) is 9.30. The molecule has 5 rings (SSSR count). The van der Waals surface area contributed by atoms with Crippen molar-refractivity contribution in [3.8, 4) is 23.4 Å². The van der Waals surface area contributed by atoms with E-state index < -0.39 is 0 Å². The lowest BCUT2D eigenvalue weighted by molar-refractivity contribution is 0.200. The maximum atomic E-state index is 9.66. The van der Waals surface area contributed by atoms with Crippen molar-refractivity contribution >= 4 is 23.2 Å². The molecule has 0 aliphatic heterocycles. The average Bonchev–Trinajstić information content (AvgIpc) is 3.55. The molecule has 0 radical (unpaired) electrons. The van der Waals surface area contributed by atoms with Gasteiger partial charge in [0.15, 0.2) is 11.5 Å². The smallest absolute Gasteiger partial charge is 0.168 e. The first kappa shape index (κ1) is 22.6. The molecule has 35 heavy (non-hydrogen) atoms. The van der Waals surface area contributed by atoms with E-state index in [-0.39, 0.29) is 12.7 Å². The van der Waals surface area contributed by atoms with Crippen LogP contribution in [0.4, 0.5) is 0 Å². The molecule has 1 saturated carbocycles. The number of imidazole rings is 1. The number of pyridine rings is 1. The van der Waals surface area contributed by atoms with Gasteiger partial charge in [-0.15, -0.1) is 0 Å². The highest BCUT2D eigenvalue weighted by atomic mass is 16.5. The van der Waals surface area contributed by atoms with Crippen molar-refractivity contribution in [2.75, 3.05) is 7.11 Å². The van der Waals surface area contributed by atoms with Crippen LogP contribution < -0.4 is 9.47 Å². The lowest BCUT2D eigenvalue weighted by Gasteiger charge is -2.18. The van der Waals surface area contributed by atoms with E-state index >= 15 is 0 Å². The minimum atomic E-state index is -0.0707. The first-order valence-electron chi connectivity index (χ1n) is 11.7. The fraction of sp³-hybridized carbons (Fsp3) is 0.250. The predicted molar refractivity (Wildman–Crippen MR) is 134 cm³/mol. The van der Waals surface area contributed by atoms with Crippen molar-refractivity contribution in [1.29, 1.82) is 5.26 Å². The molecule has 1 aliphatic rings.